The zero-order chi connectivity index (χ0) is 13.0. The van der Waals surface area contributed by atoms with Gasteiger partial charge in [0.25, 0.3) is 0 Å². The van der Waals surface area contributed by atoms with Gasteiger partial charge in [-0.05, 0) is 32.2 Å². The first-order valence-corrected chi connectivity index (χ1v) is 7.31. The van der Waals surface area contributed by atoms with Crippen LogP contribution in [0.1, 0.15) is 75.5 Å². The van der Waals surface area contributed by atoms with Crippen LogP contribution in [0.5, 0.6) is 0 Å². The Morgan fingerprint density at radius 2 is 2.22 bits per heavy atom. The fraction of sp³-hybridized carbons (Fsp3) is 0.733. The Bertz CT molecular complexity index is 387. The molecule has 1 N–H and O–H groups in total. The Hall–Kier alpha value is -0.960. The zero-order valence-corrected chi connectivity index (χ0v) is 11.9. The van der Waals surface area contributed by atoms with Gasteiger partial charge in [-0.3, -0.25) is 0 Å². The SMILES string of the molecule is CCCNC1CCCCc2nc(C(C)C)ncc21. The minimum absolute atomic E-state index is 0.417. The third-order valence-electron chi connectivity index (χ3n) is 3.61. The molecule has 3 nitrogen and oxygen atoms in total. The first-order chi connectivity index (χ1) is 8.72. The molecule has 1 aromatic heterocycles. The van der Waals surface area contributed by atoms with E-state index in [2.05, 4.69) is 37.3 Å². The molecule has 1 aromatic rings. The lowest BCUT2D eigenvalue weighted by Crippen LogP contribution is -2.23. The molecule has 0 aliphatic heterocycles. The molecule has 0 bridgehead atoms. The van der Waals surface area contributed by atoms with Crippen molar-refractivity contribution in [3.63, 3.8) is 0 Å². The average Bonchev–Trinajstić information content (AvgIpc) is 2.57. The number of fused-ring (bicyclic) bond motifs is 1. The van der Waals surface area contributed by atoms with Gasteiger partial charge in [-0.15, -0.1) is 0 Å². The van der Waals surface area contributed by atoms with Crippen LogP contribution in [0.3, 0.4) is 0 Å². The monoisotopic (exact) mass is 247 g/mol. The summed E-state index contributed by atoms with van der Waals surface area (Å²) in [4.78, 5) is 9.32. The normalized spacial score (nSPS) is 19.7. The molecule has 0 saturated carbocycles. The highest BCUT2D eigenvalue weighted by molar-refractivity contribution is 5.24. The van der Waals surface area contributed by atoms with E-state index in [1.165, 1.54) is 36.9 Å². The highest BCUT2D eigenvalue weighted by Gasteiger charge is 2.20. The van der Waals surface area contributed by atoms with Crippen molar-refractivity contribution in [1.29, 1.82) is 0 Å². The lowest BCUT2D eigenvalue weighted by Gasteiger charge is -2.19. The molecule has 0 fully saturated rings. The highest BCUT2D eigenvalue weighted by atomic mass is 14.9. The van der Waals surface area contributed by atoms with Gasteiger partial charge >= 0.3 is 0 Å². The van der Waals surface area contributed by atoms with Gasteiger partial charge in [-0.25, -0.2) is 9.97 Å². The van der Waals surface area contributed by atoms with E-state index < -0.39 is 0 Å². The highest BCUT2D eigenvalue weighted by Crippen LogP contribution is 2.27. The number of nitrogens with zero attached hydrogens (tertiary/aromatic N) is 2. The molecular weight excluding hydrogens is 222 g/mol. The van der Waals surface area contributed by atoms with Gasteiger partial charge in [0.05, 0.1) is 0 Å². The minimum Gasteiger partial charge on any atom is -0.310 e. The molecule has 100 valence electrons. The predicted octanol–water partition coefficient (Wildman–Crippen LogP) is 3.37. The quantitative estimate of drug-likeness (QED) is 0.829. The van der Waals surface area contributed by atoms with E-state index in [4.69, 9.17) is 4.98 Å². The molecule has 0 aromatic carbocycles. The number of nitrogens with one attached hydrogen (secondary N) is 1. The van der Waals surface area contributed by atoms with E-state index in [0.717, 1.165) is 18.8 Å². The van der Waals surface area contributed by atoms with Crippen LogP contribution in [-0.4, -0.2) is 16.5 Å². The molecule has 0 amide bonds. The van der Waals surface area contributed by atoms with Crippen molar-refractivity contribution >= 4 is 0 Å². The van der Waals surface area contributed by atoms with Gasteiger partial charge < -0.3 is 5.32 Å². The summed E-state index contributed by atoms with van der Waals surface area (Å²) in [5.41, 5.74) is 2.62. The number of aryl methyl sites for hydroxylation is 1. The number of hydrogen-bond acceptors (Lipinski definition) is 3. The van der Waals surface area contributed by atoms with Gasteiger partial charge in [-0.2, -0.15) is 0 Å². The fourth-order valence-electron chi connectivity index (χ4n) is 2.54. The molecule has 1 atom stereocenters. The Morgan fingerprint density at radius 3 is 2.94 bits per heavy atom. The van der Waals surface area contributed by atoms with Crippen molar-refractivity contribution in [2.75, 3.05) is 6.54 Å². The van der Waals surface area contributed by atoms with Crippen LogP contribution in [0.25, 0.3) is 0 Å². The topological polar surface area (TPSA) is 37.8 Å². The predicted molar refractivity (Wildman–Crippen MR) is 74.7 cm³/mol. The largest absolute Gasteiger partial charge is 0.310 e. The van der Waals surface area contributed by atoms with Gasteiger partial charge in [0, 0.05) is 29.4 Å². The smallest absolute Gasteiger partial charge is 0.131 e. The van der Waals surface area contributed by atoms with Crippen LogP contribution in [0.4, 0.5) is 0 Å². The maximum Gasteiger partial charge on any atom is 0.131 e. The minimum atomic E-state index is 0.417. The molecular formula is C15H25N3. The number of hydrogen-bond donors (Lipinski definition) is 1. The summed E-state index contributed by atoms with van der Waals surface area (Å²) < 4.78 is 0. The van der Waals surface area contributed by atoms with Gasteiger partial charge in [0.15, 0.2) is 0 Å². The molecule has 1 aliphatic carbocycles. The van der Waals surface area contributed by atoms with Crippen molar-refractivity contribution in [2.24, 2.45) is 0 Å². The molecule has 1 aliphatic rings. The van der Waals surface area contributed by atoms with Gasteiger partial charge in [0.2, 0.25) is 0 Å². The van der Waals surface area contributed by atoms with E-state index >= 15 is 0 Å². The summed E-state index contributed by atoms with van der Waals surface area (Å²) in [5, 5.41) is 3.64. The van der Waals surface area contributed by atoms with Crippen LogP contribution in [0.15, 0.2) is 6.20 Å². The van der Waals surface area contributed by atoms with Crippen LogP contribution < -0.4 is 5.32 Å². The fourth-order valence-corrected chi connectivity index (χ4v) is 2.54. The van der Waals surface area contributed by atoms with Crippen molar-refractivity contribution in [2.45, 2.75) is 64.8 Å². The lowest BCUT2D eigenvalue weighted by atomic mass is 10.0. The van der Waals surface area contributed by atoms with Crippen LogP contribution in [0, 0.1) is 0 Å². The zero-order valence-electron chi connectivity index (χ0n) is 11.9. The van der Waals surface area contributed by atoms with E-state index in [0.29, 0.717) is 12.0 Å². The van der Waals surface area contributed by atoms with E-state index in [1.54, 1.807) is 0 Å². The van der Waals surface area contributed by atoms with Crippen LogP contribution in [0.2, 0.25) is 0 Å². The second-order valence-electron chi connectivity index (χ2n) is 5.54. The van der Waals surface area contributed by atoms with Crippen molar-refractivity contribution in [3.05, 3.63) is 23.3 Å². The molecule has 3 heteroatoms. The lowest BCUT2D eigenvalue weighted by molar-refractivity contribution is 0.488. The van der Waals surface area contributed by atoms with Crippen molar-refractivity contribution in [3.8, 4) is 0 Å². The Labute approximate surface area is 110 Å². The Kier molecular flexibility index (Phi) is 4.70. The average molecular weight is 247 g/mol. The van der Waals surface area contributed by atoms with Crippen molar-refractivity contribution in [1.82, 2.24) is 15.3 Å². The second kappa shape index (κ2) is 6.28. The standard InChI is InChI=1S/C15H25N3/c1-4-9-16-13-7-5-6-8-14-12(13)10-17-15(18-14)11(2)3/h10-11,13,16H,4-9H2,1-3H3. The third kappa shape index (κ3) is 3.08. The number of aromatic nitrogens is 2. The molecule has 1 heterocycles. The van der Waals surface area contributed by atoms with E-state index in [9.17, 15) is 0 Å². The maximum absolute atomic E-state index is 4.78. The Morgan fingerprint density at radius 1 is 1.39 bits per heavy atom. The van der Waals surface area contributed by atoms with Crippen molar-refractivity contribution < 1.29 is 0 Å². The second-order valence-corrected chi connectivity index (χ2v) is 5.54. The van der Waals surface area contributed by atoms with Crippen LogP contribution in [-0.2, 0) is 6.42 Å². The first kappa shape index (κ1) is 13.5. The van der Waals surface area contributed by atoms with E-state index in [-0.39, 0.29) is 0 Å². The molecule has 0 spiro atoms. The molecule has 18 heavy (non-hydrogen) atoms. The molecule has 0 radical (unpaired) electrons. The van der Waals surface area contributed by atoms with E-state index in [1.807, 2.05) is 0 Å². The third-order valence-corrected chi connectivity index (χ3v) is 3.61. The Balaban J connectivity index is 2.25. The number of rotatable bonds is 4. The summed E-state index contributed by atoms with van der Waals surface area (Å²) in [6.07, 6.45) is 8.12. The van der Waals surface area contributed by atoms with Gasteiger partial charge in [-0.1, -0.05) is 27.2 Å². The van der Waals surface area contributed by atoms with Gasteiger partial charge in [0.1, 0.15) is 5.82 Å². The van der Waals surface area contributed by atoms with Crippen LogP contribution >= 0.6 is 0 Å². The molecule has 0 saturated heterocycles. The molecule has 1 unspecified atom stereocenters. The summed E-state index contributed by atoms with van der Waals surface area (Å²) in [6.45, 7) is 7.61. The maximum atomic E-state index is 4.78. The summed E-state index contributed by atoms with van der Waals surface area (Å²) in [5.74, 6) is 1.41. The summed E-state index contributed by atoms with van der Waals surface area (Å²) in [7, 11) is 0. The molecule has 2 rings (SSSR count). The summed E-state index contributed by atoms with van der Waals surface area (Å²) >= 11 is 0. The first-order valence-electron chi connectivity index (χ1n) is 7.31. The summed E-state index contributed by atoms with van der Waals surface area (Å²) in [6, 6.07) is 0.462.